The van der Waals surface area contributed by atoms with Crippen LogP contribution in [0.2, 0.25) is 0 Å². The molecule has 0 amide bonds. The average molecular weight is 683 g/mol. The molecule has 1 nitrogen and oxygen atoms in total. The van der Waals surface area contributed by atoms with Gasteiger partial charge in [-0.1, -0.05) is 121 Å². The number of fused-ring (bicyclic) bond motifs is 15. The lowest BCUT2D eigenvalue weighted by molar-refractivity contribution is 0.669. The first-order valence-corrected chi connectivity index (χ1v) is 19.0. The van der Waals surface area contributed by atoms with E-state index in [0.717, 1.165) is 21.9 Å². The number of hydrogen-bond donors (Lipinski definition) is 0. The van der Waals surface area contributed by atoms with Crippen LogP contribution >= 0.6 is 22.7 Å². The summed E-state index contributed by atoms with van der Waals surface area (Å²) in [6.07, 6.45) is 0. The molecule has 12 aromatic rings. The molecule has 51 heavy (non-hydrogen) atoms. The first-order valence-electron chi connectivity index (χ1n) is 17.3. The molecule has 0 aliphatic carbocycles. The molecule has 0 saturated heterocycles. The first kappa shape index (κ1) is 27.8. The number of furan rings is 1. The van der Waals surface area contributed by atoms with Gasteiger partial charge in [-0.3, -0.25) is 0 Å². The molecule has 9 aromatic carbocycles. The van der Waals surface area contributed by atoms with Gasteiger partial charge in [-0.2, -0.15) is 0 Å². The van der Waals surface area contributed by atoms with E-state index in [2.05, 4.69) is 152 Å². The van der Waals surface area contributed by atoms with Crippen LogP contribution in [-0.4, -0.2) is 0 Å². The minimum absolute atomic E-state index is 0.917. The van der Waals surface area contributed by atoms with Gasteiger partial charge >= 0.3 is 0 Å². The Kier molecular flexibility index (Phi) is 5.59. The molecule has 0 bridgehead atoms. The zero-order valence-electron chi connectivity index (χ0n) is 27.2. The van der Waals surface area contributed by atoms with Crippen LogP contribution in [0.5, 0.6) is 0 Å². The van der Waals surface area contributed by atoms with Crippen molar-refractivity contribution in [2.45, 2.75) is 0 Å². The van der Waals surface area contributed by atoms with Gasteiger partial charge < -0.3 is 4.42 Å². The van der Waals surface area contributed by atoms with Crippen LogP contribution in [-0.2, 0) is 0 Å². The summed E-state index contributed by atoms with van der Waals surface area (Å²) in [4.78, 5) is 0. The Balaban J connectivity index is 1.16. The van der Waals surface area contributed by atoms with Crippen molar-refractivity contribution in [3.63, 3.8) is 0 Å². The van der Waals surface area contributed by atoms with Crippen molar-refractivity contribution in [1.29, 1.82) is 0 Å². The molecule has 0 saturated carbocycles. The molecule has 0 aliphatic heterocycles. The van der Waals surface area contributed by atoms with E-state index in [9.17, 15) is 0 Å². The van der Waals surface area contributed by atoms with Crippen LogP contribution < -0.4 is 0 Å². The highest BCUT2D eigenvalue weighted by atomic mass is 32.1. The lowest BCUT2D eigenvalue weighted by Gasteiger charge is -2.18. The summed E-state index contributed by atoms with van der Waals surface area (Å²) < 4.78 is 11.8. The minimum atomic E-state index is 0.917. The quantitative estimate of drug-likeness (QED) is 0.165. The summed E-state index contributed by atoms with van der Waals surface area (Å²) in [5, 5.41) is 15.4. The fraction of sp³-hybridized carbons (Fsp3) is 0. The largest absolute Gasteiger partial charge is 0.456 e. The Morgan fingerprint density at radius 2 is 0.765 bits per heavy atom. The third kappa shape index (κ3) is 3.80. The topological polar surface area (TPSA) is 13.1 Å². The molecule has 3 heterocycles. The van der Waals surface area contributed by atoms with Gasteiger partial charge in [0.15, 0.2) is 0 Å². The summed E-state index contributed by atoms with van der Waals surface area (Å²) in [5.74, 6) is 0. The van der Waals surface area contributed by atoms with Gasteiger partial charge in [0.05, 0.1) is 9.40 Å². The first-order chi connectivity index (χ1) is 25.3. The highest BCUT2D eigenvalue weighted by molar-refractivity contribution is 7.33. The van der Waals surface area contributed by atoms with Crippen molar-refractivity contribution < 1.29 is 4.42 Å². The fourth-order valence-corrected chi connectivity index (χ4v) is 11.3. The number of benzene rings is 9. The molecule has 0 atom stereocenters. The fourth-order valence-electron chi connectivity index (χ4n) is 8.70. The summed E-state index contributed by atoms with van der Waals surface area (Å²) in [6.45, 7) is 0. The smallest absolute Gasteiger partial charge is 0.136 e. The predicted octanol–water partition coefficient (Wildman–Crippen LogP) is 15.1. The number of rotatable bonds is 2. The molecule has 0 aliphatic rings. The van der Waals surface area contributed by atoms with E-state index in [1.54, 1.807) is 0 Å². The van der Waals surface area contributed by atoms with E-state index >= 15 is 0 Å². The SMILES string of the molecule is c1ccc2c(c1)oc1cc(-c3c4ccccc4c(-c4ccc5sc6c7sc8ccccc8c7c7ccccc7c6c5c4)c4ccccc34)ccc12. The van der Waals surface area contributed by atoms with Crippen LogP contribution in [0.15, 0.2) is 162 Å². The number of para-hydroxylation sites is 1. The third-order valence-corrected chi connectivity index (χ3v) is 13.3. The van der Waals surface area contributed by atoms with Gasteiger partial charge in [-0.25, -0.2) is 0 Å². The van der Waals surface area contributed by atoms with Gasteiger partial charge in [0.1, 0.15) is 11.2 Å². The zero-order chi connectivity index (χ0) is 33.2. The Hall–Kier alpha value is -6.00. The Morgan fingerprint density at radius 3 is 1.41 bits per heavy atom. The molecule has 0 fully saturated rings. The maximum absolute atomic E-state index is 6.38. The molecule has 0 N–H and O–H groups in total. The number of thiophene rings is 2. The third-order valence-electron chi connectivity index (χ3n) is 10.8. The van der Waals surface area contributed by atoms with Gasteiger partial charge in [0.2, 0.25) is 0 Å². The molecular formula is C48H26OS2. The van der Waals surface area contributed by atoms with Gasteiger partial charge in [-0.15, -0.1) is 22.7 Å². The molecule has 236 valence electrons. The van der Waals surface area contributed by atoms with Crippen LogP contribution in [0.25, 0.3) is 117 Å². The van der Waals surface area contributed by atoms with E-state index in [1.807, 2.05) is 28.7 Å². The highest BCUT2D eigenvalue weighted by Gasteiger charge is 2.21. The summed E-state index contributed by atoms with van der Waals surface area (Å²) >= 11 is 3.87. The molecule has 3 aromatic heterocycles. The van der Waals surface area contributed by atoms with E-state index in [4.69, 9.17) is 4.42 Å². The second-order valence-electron chi connectivity index (χ2n) is 13.5. The summed E-state index contributed by atoms with van der Waals surface area (Å²) in [5.41, 5.74) is 6.77. The van der Waals surface area contributed by atoms with Crippen LogP contribution in [0.1, 0.15) is 0 Å². The lowest BCUT2D eigenvalue weighted by Crippen LogP contribution is -1.90. The highest BCUT2D eigenvalue weighted by Crippen LogP contribution is 2.51. The maximum atomic E-state index is 6.38. The minimum Gasteiger partial charge on any atom is -0.456 e. The predicted molar refractivity (Wildman–Crippen MR) is 223 cm³/mol. The molecule has 12 rings (SSSR count). The Morgan fingerprint density at radius 1 is 0.314 bits per heavy atom. The van der Waals surface area contributed by atoms with E-state index < -0.39 is 0 Å². The van der Waals surface area contributed by atoms with Crippen LogP contribution in [0.3, 0.4) is 0 Å². The Labute approximate surface area is 300 Å². The number of hydrogen-bond acceptors (Lipinski definition) is 3. The Bertz CT molecular complexity index is 3370. The van der Waals surface area contributed by atoms with Crippen molar-refractivity contribution >= 4 is 117 Å². The van der Waals surface area contributed by atoms with Gasteiger partial charge in [0.25, 0.3) is 0 Å². The second-order valence-corrected chi connectivity index (χ2v) is 15.6. The van der Waals surface area contributed by atoms with Crippen molar-refractivity contribution in [2.24, 2.45) is 0 Å². The van der Waals surface area contributed by atoms with Crippen LogP contribution in [0, 0.1) is 0 Å². The zero-order valence-corrected chi connectivity index (χ0v) is 28.9. The normalized spacial score (nSPS) is 12.3. The lowest BCUT2D eigenvalue weighted by atomic mass is 9.85. The maximum Gasteiger partial charge on any atom is 0.136 e. The molecule has 0 unspecified atom stereocenters. The van der Waals surface area contributed by atoms with E-state index in [0.29, 0.717) is 0 Å². The molecular weight excluding hydrogens is 657 g/mol. The van der Waals surface area contributed by atoms with Gasteiger partial charge in [-0.05, 0) is 91.0 Å². The van der Waals surface area contributed by atoms with E-state index in [-0.39, 0.29) is 0 Å². The second kappa shape index (κ2) is 10.3. The van der Waals surface area contributed by atoms with E-state index in [1.165, 1.54) is 94.9 Å². The van der Waals surface area contributed by atoms with Crippen molar-refractivity contribution in [2.75, 3.05) is 0 Å². The summed E-state index contributed by atoms with van der Waals surface area (Å²) in [7, 11) is 0. The van der Waals surface area contributed by atoms with Crippen LogP contribution in [0.4, 0.5) is 0 Å². The van der Waals surface area contributed by atoms with Crippen molar-refractivity contribution in [1.82, 2.24) is 0 Å². The standard InChI is InChI=1S/C48H26OS2/c1-3-14-33-31(12-1)43(32-13-2-4-15-34(32)44(33)28-21-23-30-29-11-7-9-19-39(29)49-40(30)26-28)27-22-24-42-38(25-27)46-36-17-6-5-16-35(36)45-37-18-8-10-20-41(37)50-47(45)48(46)51-42/h1-26H. The molecule has 0 spiro atoms. The monoisotopic (exact) mass is 682 g/mol. The summed E-state index contributed by atoms with van der Waals surface area (Å²) in [6, 6.07) is 57.9. The molecule has 0 radical (unpaired) electrons. The average Bonchev–Trinajstić information content (AvgIpc) is 3.88. The van der Waals surface area contributed by atoms with Crippen molar-refractivity contribution in [3.8, 4) is 22.3 Å². The molecule has 3 heteroatoms. The van der Waals surface area contributed by atoms with Gasteiger partial charge in [0, 0.05) is 41.7 Å². The van der Waals surface area contributed by atoms with Crippen molar-refractivity contribution in [3.05, 3.63) is 158 Å².